The molecule has 3 amide bonds. The topological polar surface area (TPSA) is 99.6 Å². The number of benzene rings is 1. The number of ether oxygens (including phenoxy) is 2. The van der Waals surface area contributed by atoms with Crippen molar-refractivity contribution < 1.29 is 29.0 Å². The van der Waals surface area contributed by atoms with Gasteiger partial charge in [-0.15, -0.1) is 0 Å². The van der Waals surface area contributed by atoms with Crippen LogP contribution in [-0.4, -0.2) is 89.3 Å². The highest BCUT2D eigenvalue weighted by molar-refractivity contribution is 6.04. The highest BCUT2D eigenvalue weighted by atomic mass is 16.5. The van der Waals surface area contributed by atoms with E-state index in [9.17, 15) is 19.5 Å². The number of amides is 3. The van der Waals surface area contributed by atoms with E-state index in [0.29, 0.717) is 44.1 Å². The Morgan fingerprint density at radius 3 is 2.35 bits per heavy atom. The summed E-state index contributed by atoms with van der Waals surface area (Å²) in [5, 5.41) is 9.89. The van der Waals surface area contributed by atoms with E-state index < -0.39 is 29.1 Å². The van der Waals surface area contributed by atoms with E-state index in [2.05, 4.69) is 6.92 Å². The van der Waals surface area contributed by atoms with Crippen molar-refractivity contribution in [3.05, 3.63) is 48.6 Å². The first-order valence-corrected chi connectivity index (χ1v) is 14.7. The van der Waals surface area contributed by atoms with Gasteiger partial charge in [-0.3, -0.25) is 14.4 Å². The van der Waals surface area contributed by atoms with Crippen molar-refractivity contribution in [3.8, 4) is 5.75 Å². The SMILES string of the molecule is CCCCCN1CC=C[C@]23O[C@]4(CC)C=CCN(c5ccc(OCC)cc5)C(=O)[C@@H]4[C@H]2C(=O)N(CCO)C3C1=O. The number of rotatable bonds is 10. The molecule has 1 N–H and O–H groups in total. The van der Waals surface area contributed by atoms with Crippen molar-refractivity contribution in [1.29, 1.82) is 0 Å². The molecule has 1 unspecified atom stereocenters. The lowest BCUT2D eigenvalue weighted by Crippen LogP contribution is -2.56. The molecular weight excluding hydrogens is 510 g/mol. The maximum absolute atomic E-state index is 14.5. The van der Waals surface area contributed by atoms with Crippen LogP contribution in [0.25, 0.3) is 0 Å². The Bertz CT molecular complexity index is 1180. The molecule has 0 aliphatic carbocycles. The smallest absolute Gasteiger partial charge is 0.249 e. The van der Waals surface area contributed by atoms with Gasteiger partial charge in [-0.25, -0.2) is 0 Å². The first kappa shape index (κ1) is 28.4. The van der Waals surface area contributed by atoms with E-state index >= 15 is 0 Å². The van der Waals surface area contributed by atoms with E-state index in [1.807, 2.05) is 62.4 Å². The van der Waals surface area contributed by atoms with Crippen LogP contribution >= 0.6 is 0 Å². The number of hydrogen-bond acceptors (Lipinski definition) is 6. The lowest BCUT2D eigenvalue weighted by atomic mass is 9.73. The summed E-state index contributed by atoms with van der Waals surface area (Å²) < 4.78 is 12.5. The standard InChI is InChI=1S/C31H41N3O6/c1-4-7-8-17-32-18-10-16-31-25(28(37)34(20-21-35)26(31)29(32)38)24-27(36)33(19-9-15-30(24,5-2)40-31)22-11-13-23(14-12-22)39-6-3/h9-16,24-26,35H,4-8,17-21H2,1-3H3/t24-,25-,26?,30+,31-/m0/s1. The Hall–Kier alpha value is -3.17. The van der Waals surface area contributed by atoms with E-state index in [0.717, 1.165) is 19.3 Å². The molecule has 0 radical (unpaired) electrons. The van der Waals surface area contributed by atoms with Gasteiger partial charge in [-0.2, -0.15) is 0 Å². The Kier molecular flexibility index (Phi) is 8.06. The van der Waals surface area contributed by atoms with Crippen LogP contribution in [0, 0.1) is 11.8 Å². The van der Waals surface area contributed by atoms with Crippen LogP contribution in [0.1, 0.15) is 46.5 Å². The van der Waals surface area contributed by atoms with Crippen LogP contribution in [-0.2, 0) is 19.1 Å². The molecule has 0 bridgehead atoms. The van der Waals surface area contributed by atoms with Crippen LogP contribution in [0.4, 0.5) is 5.69 Å². The molecule has 2 saturated heterocycles. The summed E-state index contributed by atoms with van der Waals surface area (Å²) in [7, 11) is 0. The Labute approximate surface area is 236 Å². The molecule has 4 heterocycles. The van der Waals surface area contributed by atoms with Gasteiger partial charge in [0, 0.05) is 31.9 Å². The molecular formula is C31H41N3O6. The molecule has 4 aliphatic rings. The number of aliphatic hydroxyl groups excluding tert-OH is 1. The second-order valence-electron chi connectivity index (χ2n) is 11.0. The van der Waals surface area contributed by atoms with Crippen molar-refractivity contribution in [2.75, 3.05) is 44.3 Å². The van der Waals surface area contributed by atoms with Gasteiger partial charge in [-0.1, -0.05) is 51.0 Å². The summed E-state index contributed by atoms with van der Waals surface area (Å²) in [6.07, 6.45) is 11.0. The molecule has 1 aromatic rings. The molecule has 5 rings (SSSR count). The van der Waals surface area contributed by atoms with Crippen molar-refractivity contribution in [2.45, 2.75) is 63.7 Å². The lowest BCUT2D eigenvalue weighted by molar-refractivity contribution is -0.152. The van der Waals surface area contributed by atoms with Crippen molar-refractivity contribution in [3.63, 3.8) is 0 Å². The highest BCUT2D eigenvalue weighted by Gasteiger charge is 2.75. The van der Waals surface area contributed by atoms with Gasteiger partial charge in [-0.05, 0) is 44.0 Å². The average molecular weight is 552 g/mol. The number of nitrogens with zero attached hydrogens (tertiary/aromatic N) is 3. The molecule has 4 aliphatic heterocycles. The molecule has 0 aromatic heterocycles. The fourth-order valence-corrected chi connectivity index (χ4v) is 7.03. The number of fused-ring (bicyclic) bond motifs is 2. The van der Waals surface area contributed by atoms with Crippen molar-refractivity contribution >= 4 is 23.4 Å². The minimum Gasteiger partial charge on any atom is -0.494 e. The van der Waals surface area contributed by atoms with Gasteiger partial charge in [0.05, 0.1) is 30.7 Å². The fourth-order valence-electron chi connectivity index (χ4n) is 7.03. The maximum atomic E-state index is 14.5. The van der Waals surface area contributed by atoms with Gasteiger partial charge in [0.2, 0.25) is 17.7 Å². The summed E-state index contributed by atoms with van der Waals surface area (Å²) in [5.74, 6) is -1.71. The zero-order valence-electron chi connectivity index (χ0n) is 23.8. The predicted octanol–water partition coefficient (Wildman–Crippen LogP) is 2.93. The third-order valence-corrected chi connectivity index (χ3v) is 8.86. The van der Waals surface area contributed by atoms with E-state index in [1.165, 1.54) is 4.90 Å². The van der Waals surface area contributed by atoms with Gasteiger partial charge in [0.15, 0.2) is 0 Å². The molecule has 216 valence electrons. The average Bonchev–Trinajstić information content (AvgIpc) is 3.24. The quantitative estimate of drug-likeness (QED) is 0.355. The van der Waals surface area contributed by atoms with Gasteiger partial charge in [0.25, 0.3) is 0 Å². The zero-order chi connectivity index (χ0) is 28.5. The fraction of sp³-hybridized carbons (Fsp3) is 0.581. The van der Waals surface area contributed by atoms with Gasteiger partial charge < -0.3 is 29.3 Å². The van der Waals surface area contributed by atoms with Crippen LogP contribution in [0.3, 0.4) is 0 Å². The predicted molar refractivity (Wildman–Crippen MR) is 151 cm³/mol. The molecule has 1 aromatic carbocycles. The van der Waals surface area contributed by atoms with Crippen LogP contribution in [0.15, 0.2) is 48.6 Å². The van der Waals surface area contributed by atoms with Crippen LogP contribution < -0.4 is 9.64 Å². The number of aliphatic hydroxyl groups is 1. The van der Waals surface area contributed by atoms with Gasteiger partial charge in [0.1, 0.15) is 17.4 Å². The zero-order valence-corrected chi connectivity index (χ0v) is 23.8. The van der Waals surface area contributed by atoms with E-state index in [4.69, 9.17) is 9.47 Å². The van der Waals surface area contributed by atoms with E-state index in [-0.39, 0.29) is 30.9 Å². The molecule has 40 heavy (non-hydrogen) atoms. The highest BCUT2D eigenvalue weighted by Crippen LogP contribution is 2.58. The number of unbranched alkanes of at least 4 members (excludes halogenated alkanes) is 2. The van der Waals surface area contributed by atoms with Crippen LogP contribution in [0.5, 0.6) is 5.75 Å². The lowest BCUT2D eigenvalue weighted by Gasteiger charge is -2.38. The first-order chi connectivity index (χ1) is 19.4. The second kappa shape index (κ2) is 11.4. The summed E-state index contributed by atoms with van der Waals surface area (Å²) in [6, 6.07) is 6.43. The molecule has 9 nitrogen and oxygen atoms in total. The number of anilines is 1. The molecule has 1 spiro atoms. The number of likely N-dealkylation sites (tertiary alicyclic amines) is 1. The second-order valence-corrected chi connectivity index (χ2v) is 11.0. The molecule has 2 fully saturated rings. The minimum atomic E-state index is -1.30. The normalized spacial score (nSPS) is 31.2. The number of hydrogen-bond donors (Lipinski definition) is 1. The Balaban J connectivity index is 1.56. The summed E-state index contributed by atoms with van der Waals surface area (Å²) in [5.41, 5.74) is -1.64. The van der Waals surface area contributed by atoms with E-state index in [1.54, 1.807) is 9.80 Å². The van der Waals surface area contributed by atoms with Crippen LogP contribution in [0.2, 0.25) is 0 Å². The molecule has 0 saturated carbocycles. The number of carbonyl (C=O) groups excluding carboxylic acids is 3. The Morgan fingerprint density at radius 2 is 1.68 bits per heavy atom. The number of β-amino-alcohol motifs (C(OH)–C–C–N with tert-alkyl or cyclic N) is 1. The summed E-state index contributed by atoms with van der Waals surface area (Å²) in [4.78, 5) is 47.7. The van der Waals surface area contributed by atoms with Gasteiger partial charge >= 0.3 is 0 Å². The monoisotopic (exact) mass is 551 g/mol. The minimum absolute atomic E-state index is 0.00592. The third kappa shape index (κ3) is 4.43. The molecule has 5 atom stereocenters. The Morgan fingerprint density at radius 1 is 0.925 bits per heavy atom. The largest absolute Gasteiger partial charge is 0.494 e. The maximum Gasteiger partial charge on any atom is 0.249 e. The first-order valence-electron chi connectivity index (χ1n) is 14.7. The summed E-state index contributed by atoms with van der Waals surface area (Å²) in [6.45, 7) is 7.60. The third-order valence-electron chi connectivity index (χ3n) is 8.86. The van der Waals surface area contributed by atoms with Crippen molar-refractivity contribution in [1.82, 2.24) is 9.80 Å². The van der Waals surface area contributed by atoms with Crippen molar-refractivity contribution in [2.24, 2.45) is 11.8 Å². The molecule has 9 heteroatoms. The summed E-state index contributed by atoms with van der Waals surface area (Å²) >= 11 is 0. The number of carbonyl (C=O) groups is 3.